The lowest BCUT2D eigenvalue weighted by molar-refractivity contribution is -0.116. The zero-order chi connectivity index (χ0) is 20.9. The number of rotatable bonds is 3. The van der Waals surface area contributed by atoms with Crippen LogP contribution in [0.5, 0.6) is 0 Å². The van der Waals surface area contributed by atoms with E-state index in [1.165, 1.54) is 11.8 Å². The molecule has 1 atom stereocenters. The van der Waals surface area contributed by atoms with Crippen LogP contribution >= 0.6 is 35.0 Å². The number of halogens is 2. The van der Waals surface area contributed by atoms with E-state index in [1.54, 1.807) is 33.6 Å². The van der Waals surface area contributed by atoms with Crippen molar-refractivity contribution < 1.29 is 4.79 Å². The Balaban J connectivity index is 1.62. The van der Waals surface area contributed by atoms with Crippen molar-refractivity contribution in [2.45, 2.75) is 43.9 Å². The standard InChI is InChI=1S/C19H19Cl2N5O2S/c1-19(2,3)26-16-12(8-22-26)17(28)25-11(9-29-18(25)24-16)7-15(27)23-14-6-10(20)4-5-13(14)21/h4-6,8,11H,7,9H2,1-3H3,(H,23,27). The Morgan fingerprint density at radius 1 is 1.34 bits per heavy atom. The molecular weight excluding hydrogens is 433 g/mol. The SMILES string of the molecule is CC(C)(C)n1ncc2c(=O)n3c(nc21)SCC3CC(=O)Nc1cc(Cl)ccc1Cl. The van der Waals surface area contributed by atoms with E-state index in [9.17, 15) is 9.59 Å². The fourth-order valence-electron chi connectivity index (χ4n) is 3.28. The van der Waals surface area contributed by atoms with Crippen molar-refractivity contribution in [2.24, 2.45) is 0 Å². The number of aromatic nitrogens is 4. The average Bonchev–Trinajstić information content (AvgIpc) is 3.23. The highest BCUT2D eigenvalue weighted by Crippen LogP contribution is 2.34. The van der Waals surface area contributed by atoms with Gasteiger partial charge in [-0.15, -0.1) is 0 Å². The van der Waals surface area contributed by atoms with Crippen LogP contribution in [0.3, 0.4) is 0 Å². The van der Waals surface area contributed by atoms with E-state index >= 15 is 0 Å². The predicted molar refractivity (Wildman–Crippen MR) is 116 cm³/mol. The molecule has 0 fully saturated rings. The van der Waals surface area contributed by atoms with Gasteiger partial charge in [0.25, 0.3) is 5.56 Å². The first-order chi connectivity index (χ1) is 13.6. The van der Waals surface area contributed by atoms with Gasteiger partial charge in [0, 0.05) is 17.2 Å². The second-order valence-corrected chi connectivity index (χ2v) is 9.71. The van der Waals surface area contributed by atoms with E-state index in [1.807, 2.05) is 20.8 Å². The highest BCUT2D eigenvalue weighted by Gasteiger charge is 2.30. The molecule has 1 N–H and O–H groups in total. The molecule has 10 heteroatoms. The van der Waals surface area contributed by atoms with E-state index in [2.05, 4.69) is 15.4 Å². The molecule has 3 aromatic rings. The highest BCUT2D eigenvalue weighted by atomic mass is 35.5. The molecule has 0 saturated carbocycles. The number of nitrogens with zero attached hydrogens (tertiary/aromatic N) is 4. The summed E-state index contributed by atoms with van der Waals surface area (Å²) >= 11 is 13.6. The smallest absolute Gasteiger partial charge is 0.265 e. The lowest BCUT2D eigenvalue weighted by Gasteiger charge is -2.20. The Labute approximate surface area is 181 Å². The molecule has 0 radical (unpaired) electrons. The normalized spacial score (nSPS) is 16.2. The first-order valence-electron chi connectivity index (χ1n) is 9.03. The van der Waals surface area contributed by atoms with E-state index in [0.717, 1.165) is 0 Å². The maximum atomic E-state index is 13.1. The third-order valence-corrected chi connectivity index (χ3v) is 6.29. The highest BCUT2D eigenvalue weighted by molar-refractivity contribution is 7.99. The maximum absolute atomic E-state index is 13.1. The van der Waals surface area contributed by atoms with Crippen LogP contribution in [0.1, 0.15) is 33.2 Å². The van der Waals surface area contributed by atoms with Gasteiger partial charge in [-0.1, -0.05) is 35.0 Å². The number of carbonyl (C=O) groups excluding carboxylic acids is 1. The molecule has 1 aromatic carbocycles. The molecule has 0 aliphatic carbocycles. The number of benzene rings is 1. The molecule has 1 aliphatic rings. The Morgan fingerprint density at radius 3 is 2.83 bits per heavy atom. The van der Waals surface area contributed by atoms with Gasteiger partial charge in [-0.3, -0.25) is 14.2 Å². The number of fused-ring (bicyclic) bond motifs is 2. The Kier molecular flexibility index (Phi) is 5.13. The Bertz CT molecular complexity index is 1180. The fraction of sp³-hybridized carbons (Fsp3) is 0.368. The second-order valence-electron chi connectivity index (χ2n) is 7.88. The molecule has 3 heterocycles. The van der Waals surface area contributed by atoms with Crippen LogP contribution in [0.2, 0.25) is 10.0 Å². The van der Waals surface area contributed by atoms with Gasteiger partial charge in [-0.2, -0.15) is 5.10 Å². The largest absolute Gasteiger partial charge is 0.325 e. The van der Waals surface area contributed by atoms with Gasteiger partial charge in [0.2, 0.25) is 5.91 Å². The van der Waals surface area contributed by atoms with Crippen LogP contribution in [-0.4, -0.2) is 31.0 Å². The summed E-state index contributed by atoms with van der Waals surface area (Å²) in [6.45, 7) is 6.02. The minimum absolute atomic E-state index is 0.128. The average molecular weight is 452 g/mol. The Hall–Kier alpha value is -2.03. The summed E-state index contributed by atoms with van der Waals surface area (Å²) in [6.07, 6.45) is 1.68. The molecule has 1 amide bonds. The monoisotopic (exact) mass is 451 g/mol. The summed E-state index contributed by atoms with van der Waals surface area (Å²) in [7, 11) is 0. The molecule has 1 aliphatic heterocycles. The van der Waals surface area contributed by atoms with Gasteiger partial charge in [0.05, 0.1) is 28.5 Å². The second kappa shape index (κ2) is 7.34. The summed E-state index contributed by atoms with van der Waals surface area (Å²) < 4.78 is 3.35. The molecule has 7 nitrogen and oxygen atoms in total. The number of hydrogen-bond acceptors (Lipinski definition) is 5. The first kappa shape index (κ1) is 20.3. The van der Waals surface area contributed by atoms with Crippen LogP contribution in [0, 0.1) is 0 Å². The number of hydrogen-bond donors (Lipinski definition) is 1. The molecule has 0 saturated heterocycles. The summed E-state index contributed by atoms with van der Waals surface area (Å²) in [5.41, 5.74) is 0.544. The van der Waals surface area contributed by atoms with E-state index in [4.69, 9.17) is 23.2 Å². The van der Waals surface area contributed by atoms with Gasteiger partial charge >= 0.3 is 0 Å². The number of anilines is 1. The van der Waals surface area contributed by atoms with Crippen molar-refractivity contribution in [3.05, 3.63) is 44.8 Å². The first-order valence-corrected chi connectivity index (χ1v) is 10.8. The van der Waals surface area contributed by atoms with Crippen molar-refractivity contribution in [3.63, 3.8) is 0 Å². The van der Waals surface area contributed by atoms with Gasteiger partial charge in [-0.25, -0.2) is 9.67 Å². The van der Waals surface area contributed by atoms with Crippen LogP contribution in [-0.2, 0) is 10.3 Å². The van der Waals surface area contributed by atoms with E-state index in [0.29, 0.717) is 37.7 Å². The number of nitrogens with one attached hydrogen (secondary N) is 1. The van der Waals surface area contributed by atoms with E-state index in [-0.39, 0.29) is 29.5 Å². The van der Waals surface area contributed by atoms with Crippen molar-refractivity contribution in [3.8, 4) is 0 Å². The van der Waals surface area contributed by atoms with Crippen molar-refractivity contribution in [1.82, 2.24) is 19.3 Å². The quantitative estimate of drug-likeness (QED) is 0.599. The number of thioether (sulfide) groups is 1. The van der Waals surface area contributed by atoms with Crippen LogP contribution in [0.4, 0.5) is 5.69 Å². The van der Waals surface area contributed by atoms with Gasteiger partial charge in [-0.05, 0) is 39.0 Å². The molecule has 0 spiro atoms. The summed E-state index contributed by atoms with van der Waals surface area (Å²) in [5.74, 6) is 0.346. The minimum Gasteiger partial charge on any atom is -0.325 e. The summed E-state index contributed by atoms with van der Waals surface area (Å²) in [6, 6.07) is 4.57. The predicted octanol–water partition coefficient (Wildman–Crippen LogP) is 4.33. The zero-order valence-corrected chi connectivity index (χ0v) is 18.4. The third kappa shape index (κ3) is 3.76. The van der Waals surface area contributed by atoms with Gasteiger partial charge < -0.3 is 5.32 Å². The van der Waals surface area contributed by atoms with Crippen LogP contribution < -0.4 is 10.9 Å². The maximum Gasteiger partial charge on any atom is 0.265 e. The van der Waals surface area contributed by atoms with Gasteiger partial charge in [0.15, 0.2) is 10.8 Å². The molecule has 1 unspecified atom stereocenters. The molecule has 0 bridgehead atoms. The molecule has 2 aromatic heterocycles. The lowest BCUT2D eigenvalue weighted by Crippen LogP contribution is -2.29. The van der Waals surface area contributed by atoms with Gasteiger partial charge in [0.1, 0.15) is 5.39 Å². The molecular formula is C19H19Cl2N5O2S. The van der Waals surface area contributed by atoms with Crippen LogP contribution in [0.15, 0.2) is 34.3 Å². The lowest BCUT2D eigenvalue weighted by atomic mass is 10.1. The summed E-state index contributed by atoms with van der Waals surface area (Å²) in [4.78, 5) is 30.3. The van der Waals surface area contributed by atoms with E-state index < -0.39 is 0 Å². The van der Waals surface area contributed by atoms with Crippen molar-refractivity contribution >= 4 is 57.6 Å². The minimum atomic E-state index is -0.296. The summed E-state index contributed by atoms with van der Waals surface area (Å²) in [5, 5.41) is 9.06. The van der Waals surface area contributed by atoms with Crippen molar-refractivity contribution in [1.29, 1.82) is 0 Å². The number of carbonyl (C=O) groups is 1. The molecule has 4 rings (SSSR count). The third-order valence-electron chi connectivity index (χ3n) is 4.63. The number of amides is 1. The Morgan fingerprint density at radius 2 is 2.10 bits per heavy atom. The molecule has 29 heavy (non-hydrogen) atoms. The van der Waals surface area contributed by atoms with Crippen LogP contribution in [0.25, 0.3) is 11.0 Å². The molecule has 152 valence electrons. The van der Waals surface area contributed by atoms with Crippen molar-refractivity contribution in [2.75, 3.05) is 11.1 Å². The topological polar surface area (TPSA) is 81.8 Å². The zero-order valence-electron chi connectivity index (χ0n) is 16.1. The fourth-order valence-corrected chi connectivity index (χ4v) is 4.75.